The van der Waals surface area contributed by atoms with Crippen molar-refractivity contribution < 1.29 is 14.8 Å². The number of rotatable bonds is 5. The van der Waals surface area contributed by atoms with Crippen LogP contribution in [0.5, 0.6) is 0 Å². The largest absolute Gasteiger partial charge is 0.480 e. The van der Waals surface area contributed by atoms with Gasteiger partial charge in [0.25, 0.3) is 5.69 Å². The highest BCUT2D eigenvalue weighted by molar-refractivity contribution is 5.69. The van der Waals surface area contributed by atoms with E-state index in [0.29, 0.717) is 5.56 Å². The molecule has 0 aliphatic heterocycles. The highest BCUT2D eigenvalue weighted by Gasteiger charge is 2.08. The number of non-ortho nitro benzene ring substituents is 1. The Kier molecular flexibility index (Phi) is 3.78. The van der Waals surface area contributed by atoms with E-state index in [-0.39, 0.29) is 24.5 Å². The first kappa shape index (κ1) is 11.9. The van der Waals surface area contributed by atoms with Crippen LogP contribution in [0, 0.1) is 10.1 Å². The van der Waals surface area contributed by atoms with Gasteiger partial charge in [0, 0.05) is 24.4 Å². The van der Waals surface area contributed by atoms with Gasteiger partial charge in [0.2, 0.25) is 0 Å². The molecular weight excluding hydrogens is 214 g/mol. The van der Waals surface area contributed by atoms with Gasteiger partial charge in [-0.05, 0) is 11.6 Å². The summed E-state index contributed by atoms with van der Waals surface area (Å²) in [6.45, 7) is 0.0759. The number of anilines is 1. The molecule has 0 aromatic heterocycles. The lowest BCUT2D eigenvalue weighted by Crippen LogP contribution is -2.22. The van der Waals surface area contributed by atoms with Crippen LogP contribution in [0.25, 0.3) is 0 Å². The molecule has 0 saturated heterocycles. The number of nitrogens with zero attached hydrogens (tertiary/aromatic N) is 1. The maximum absolute atomic E-state index is 10.4. The first-order valence-corrected chi connectivity index (χ1v) is 4.46. The van der Waals surface area contributed by atoms with Crippen LogP contribution in [0.4, 0.5) is 11.4 Å². The Morgan fingerprint density at radius 3 is 2.75 bits per heavy atom. The maximum Gasteiger partial charge on any atom is 0.317 e. The van der Waals surface area contributed by atoms with E-state index in [9.17, 15) is 14.9 Å². The molecule has 1 aromatic rings. The molecular formula is C9H11N3O4. The number of nitrogens with one attached hydrogen (secondary N) is 1. The van der Waals surface area contributed by atoms with Crippen LogP contribution < -0.4 is 11.1 Å². The number of carbonyl (C=O) groups is 1. The number of nitro benzene ring substituents is 1. The summed E-state index contributed by atoms with van der Waals surface area (Å²) >= 11 is 0. The molecule has 7 heteroatoms. The molecule has 7 nitrogen and oxygen atoms in total. The van der Waals surface area contributed by atoms with E-state index >= 15 is 0 Å². The van der Waals surface area contributed by atoms with Crippen LogP contribution in [0.1, 0.15) is 5.56 Å². The molecule has 4 N–H and O–H groups in total. The quantitative estimate of drug-likeness (QED) is 0.378. The molecule has 1 rings (SSSR count). The van der Waals surface area contributed by atoms with Crippen molar-refractivity contribution in [2.24, 2.45) is 0 Å². The molecule has 16 heavy (non-hydrogen) atoms. The van der Waals surface area contributed by atoms with Crippen molar-refractivity contribution in [1.29, 1.82) is 0 Å². The third-order valence-corrected chi connectivity index (χ3v) is 1.93. The Morgan fingerprint density at radius 1 is 1.56 bits per heavy atom. The molecule has 0 amide bonds. The van der Waals surface area contributed by atoms with Gasteiger partial charge < -0.3 is 16.2 Å². The highest BCUT2D eigenvalue weighted by Crippen LogP contribution is 2.19. The molecule has 0 aliphatic rings. The molecule has 0 bridgehead atoms. The first-order valence-electron chi connectivity index (χ1n) is 4.46. The fraction of sp³-hybridized carbons (Fsp3) is 0.222. The molecule has 86 valence electrons. The molecule has 0 heterocycles. The molecule has 0 radical (unpaired) electrons. The van der Waals surface area contributed by atoms with Gasteiger partial charge in [-0.15, -0.1) is 0 Å². The molecule has 0 saturated carbocycles. The number of nitro groups is 1. The van der Waals surface area contributed by atoms with E-state index in [4.69, 9.17) is 10.8 Å². The summed E-state index contributed by atoms with van der Waals surface area (Å²) in [4.78, 5) is 20.1. The van der Waals surface area contributed by atoms with Crippen LogP contribution in [0.15, 0.2) is 18.2 Å². The van der Waals surface area contributed by atoms with Crippen LogP contribution in [-0.2, 0) is 11.3 Å². The second-order valence-electron chi connectivity index (χ2n) is 3.14. The Balaban J connectivity index is 2.68. The molecule has 0 fully saturated rings. The SMILES string of the molecule is Nc1cc([N+](=O)[O-])ccc1CNCC(=O)O. The minimum absolute atomic E-state index is 0.0838. The average molecular weight is 225 g/mol. The first-order chi connectivity index (χ1) is 7.50. The Labute approximate surface area is 91.0 Å². The summed E-state index contributed by atoms with van der Waals surface area (Å²) in [6, 6.07) is 4.08. The van der Waals surface area contributed by atoms with Gasteiger partial charge in [-0.1, -0.05) is 0 Å². The molecule has 0 unspecified atom stereocenters. The Hall–Kier alpha value is -2.15. The number of aliphatic carboxylic acids is 1. The predicted octanol–water partition coefficient (Wildman–Crippen LogP) is 0.351. The highest BCUT2D eigenvalue weighted by atomic mass is 16.6. The third kappa shape index (κ3) is 3.21. The lowest BCUT2D eigenvalue weighted by atomic mass is 10.1. The number of hydrogen-bond donors (Lipinski definition) is 3. The standard InChI is InChI=1S/C9H11N3O4/c10-8-3-7(12(15)16)2-1-6(8)4-11-5-9(13)14/h1-3,11H,4-5,10H2,(H,13,14). The summed E-state index contributed by atoms with van der Waals surface area (Å²) in [5, 5.41) is 21.5. The van der Waals surface area contributed by atoms with E-state index < -0.39 is 10.9 Å². The smallest absolute Gasteiger partial charge is 0.317 e. The number of benzene rings is 1. The van der Waals surface area contributed by atoms with Crippen molar-refractivity contribution in [3.05, 3.63) is 33.9 Å². The van der Waals surface area contributed by atoms with Crippen molar-refractivity contribution in [2.75, 3.05) is 12.3 Å². The van der Waals surface area contributed by atoms with Crippen LogP contribution in [0.3, 0.4) is 0 Å². The summed E-state index contributed by atoms with van der Waals surface area (Å²) in [5.74, 6) is -0.972. The van der Waals surface area contributed by atoms with Crippen LogP contribution in [-0.4, -0.2) is 22.5 Å². The van der Waals surface area contributed by atoms with Crippen molar-refractivity contribution in [3.8, 4) is 0 Å². The molecule has 0 atom stereocenters. The zero-order valence-electron chi connectivity index (χ0n) is 8.34. The van der Waals surface area contributed by atoms with Crippen molar-refractivity contribution >= 4 is 17.3 Å². The zero-order valence-corrected chi connectivity index (χ0v) is 8.34. The van der Waals surface area contributed by atoms with Gasteiger partial charge in [-0.25, -0.2) is 0 Å². The van der Waals surface area contributed by atoms with Gasteiger partial charge in [0.05, 0.1) is 11.5 Å². The van der Waals surface area contributed by atoms with E-state index in [1.165, 1.54) is 18.2 Å². The minimum atomic E-state index is -0.972. The van der Waals surface area contributed by atoms with Crippen molar-refractivity contribution in [2.45, 2.75) is 6.54 Å². The number of nitrogen functional groups attached to an aromatic ring is 1. The van der Waals surface area contributed by atoms with Gasteiger partial charge in [-0.2, -0.15) is 0 Å². The van der Waals surface area contributed by atoms with E-state index in [0.717, 1.165) is 0 Å². The minimum Gasteiger partial charge on any atom is -0.480 e. The number of nitrogens with two attached hydrogens (primary N) is 1. The number of hydrogen-bond acceptors (Lipinski definition) is 5. The van der Waals surface area contributed by atoms with Gasteiger partial charge >= 0.3 is 5.97 Å². The van der Waals surface area contributed by atoms with Crippen molar-refractivity contribution in [3.63, 3.8) is 0 Å². The molecule has 0 aliphatic carbocycles. The van der Waals surface area contributed by atoms with Gasteiger partial charge in [0.15, 0.2) is 0 Å². The van der Waals surface area contributed by atoms with Crippen LogP contribution in [0.2, 0.25) is 0 Å². The third-order valence-electron chi connectivity index (χ3n) is 1.93. The second kappa shape index (κ2) is 5.08. The van der Waals surface area contributed by atoms with E-state index in [1.54, 1.807) is 0 Å². The second-order valence-corrected chi connectivity index (χ2v) is 3.14. The predicted molar refractivity (Wildman–Crippen MR) is 56.9 cm³/mol. The Morgan fingerprint density at radius 2 is 2.25 bits per heavy atom. The fourth-order valence-electron chi connectivity index (χ4n) is 1.16. The summed E-state index contributed by atoms with van der Waals surface area (Å²) in [5.41, 5.74) is 6.40. The van der Waals surface area contributed by atoms with Crippen molar-refractivity contribution in [1.82, 2.24) is 5.32 Å². The molecule has 0 spiro atoms. The monoisotopic (exact) mass is 225 g/mol. The van der Waals surface area contributed by atoms with E-state index in [1.807, 2.05) is 0 Å². The topological polar surface area (TPSA) is 118 Å². The summed E-state index contributed by atoms with van der Waals surface area (Å²) < 4.78 is 0. The number of carboxylic acid groups (broad SMARTS) is 1. The fourth-order valence-corrected chi connectivity index (χ4v) is 1.16. The summed E-state index contributed by atoms with van der Waals surface area (Å²) in [6.07, 6.45) is 0. The molecule has 1 aromatic carbocycles. The lowest BCUT2D eigenvalue weighted by molar-refractivity contribution is -0.384. The van der Waals surface area contributed by atoms with Crippen LogP contribution >= 0.6 is 0 Å². The van der Waals surface area contributed by atoms with Gasteiger partial charge in [0.1, 0.15) is 0 Å². The van der Waals surface area contributed by atoms with E-state index in [2.05, 4.69) is 5.32 Å². The number of carboxylic acids is 1. The Bertz CT molecular complexity index is 419. The normalized spacial score (nSPS) is 10.0. The maximum atomic E-state index is 10.4. The van der Waals surface area contributed by atoms with Gasteiger partial charge in [-0.3, -0.25) is 14.9 Å². The lowest BCUT2D eigenvalue weighted by Gasteiger charge is -2.05. The average Bonchev–Trinajstić information content (AvgIpc) is 2.19. The summed E-state index contributed by atoms with van der Waals surface area (Å²) in [7, 11) is 0. The zero-order chi connectivity index (χ0) is 12.1.